The molecule has 1 N–H and O–H groups in total. The number of fused-ring (bicyclic) bond motifs is 2. The molecule has 5 heterocycles. The van der Waals surface area contributed by atoms with Crippen LogP contribution in [0.5, 0.6) is 5.88 Å². The van der Waals surface area contributed by atoms with E-state index in [-0.39, 0.29) is 41.3 Å². The summed E-state index contributed by atoms with van der Waals surface area (Å²) in [6.45, 7) is 2.59. The fourth-order valence-electron chi connectivity index (χ4n) is 7.00. The average Bonchev–Trinajstić information content (AvgIpc) is 3.36. The third kappa shape index (κ3) is 4.97. The van der Waals surface area contributed by atoms with Crippen LogP contribution in [0.3, 0.4) is 0 Å². The first-order chi connectivity index (χ1) is 21.8. The maximum absolute atomic E-state index is 15.0. The van der Waals surface area contributed by atoms with Crippen molar-refractivity contribution in [1.82, 2.24) is 24.3 Å². The minimum absolute atomic E-state index is 0.0203. The molecule has 3 aromatic heterocycles. The van der Waals surface area contributed by atoms with Gasteiger partial charge in [-0.3, -0.25) is 4.68 Å². The molecule has 232 valence electrons. The summed E-state index contributed by atoms with van der Waals surface area (Å²) in [6.07, 6.45) is 5.52. The van der Waals surface area contributed by atoms with E-state index in [2.05, 4.69) is 14.6 Å². The third-order valence-electron chi connectivity index (χ3n) is 9.70. The molecule has 8 rings (SSSR count). The largest absolute Gasteiger partial charge is 0.478 e. The van der Waals surface area contributed by atoms with Gasteiger partial charge in [-0.05, 0) is 67.0 Å². The van der Waals surface area contributed by atoms with Gasteiger partial charge in [0.1, 0.15) is 12.4 Å². The van der Waals surface area contributed by atoms with E-state index in [0.717, 1.165) is 71.7 Å². The van der Waals surface area contributed by atoms with Crippen molar-refractivity contribution >= 4 is 33.7 Å². The van der Waals surface area contributed by atoms with Gasteiger partial charge < -0.3 is 24.0 Å². The van der Waals surface area contributed by atoms with E-state index in [4.69, 9.17) is 14.5 Å². The lowest BCUT2D eigenvalue weighted by molar-refractivity contribution is -0.0590. The number of hydrogen-bond donors (Lipinski definition) is 1. The van der Waals surface area contributed by atoms with Crippen LogP contribution in [0.1, 0.15) is 53.3 Å². The molecular formula is C33H32F2N6O4. The Hall–Kier alpha value is -4.58. The molecule has 0 radical (unpaired) electrons. The lowest BCUT2D eigenvalue weighted by Gasteiger charge is -2.34. The van der Waals surface area contributed by atoms with Crippen molar-refractivity contribution in [3.63, 3.8) is 0 Å². The standard InChI is InChI=1S/C33H32F2N6O4/c1-39-16-21-12-19(2-4-26(21)38-39)18-45-31-25(35)14-24(34)30(37-31)40-9-7-33(8-10-40)15-23(33)29-36-27-5-3-20(32(42)43)13-28(27)41(29)17-22-6-11-44-22/h2-5,12-14,16,22-23H,6-11,15,17-18H2,1H3,(H,42,43)/t22-,23?/m0/s1. The topological polar surface area (TPSA) is 108 Å². The minimum atomic E-state index is -0.970. The SMILES string of the molecule is Cn1cc2cc(COc3nc(N4CCC5(CC4)CC5c4nc5ccc(C(=O)O)cc5n4C[C@@H]4CCO4)c(F)cc3F)ccc2n1. The van der Waals surface area contributed by atoms with Crippen LogP contribution in [0.2, 0.25) is 0 Å². The number of anilines is 1. The second-order valence-corrected chi connectivity index (χ2v) is 12.5. The molecule has 1 saturated carbocycles. The number of pyridine rings is 1. The summed E-state index contributed by atoms with van der Waals surface area (Å²) in [7, 11) is 1.85. The zero-order chi connectivity index (χ0) is 30.9. The first-order valence-electron chi connectivity index (χ1n) is 15.3. The Bertz CT molecular complexity index is 1960. The molecular weight excluding hydrogens is 582 g/mol. The van der Waals surface area contributed by atoms with Gasteiger partial charge in [0.25, 0.3) is 5.88 Å². The van der Waals surface area contributed by atoms with E-state index in [0.29, 0.717) is 19.6 Å². The van der Waals surface area contributed by atoms with Crippen LogP contribution in [-0.2, 0) is 24.9 Å². The van der Waals surface area contributed by atoms with E-state index in [1.165, 1.54) is 0 Å². The first-order valence-corrected chi connectivity index (χ1v) is 15.3. The lowest BCUT2D eigenvalue weighted by Crippen LogP contribution is -2.36. The molecule has 0 amide bonds. The monoisotopic (exact) mass is 614 g/mol. The molecule has 2 aromatic carbocycles. The lowest BCUT2D eigenvalue weighted by atomic mass is 9.90. The summed E-state index contributed by atoms with van der Waals surface area (Å²) >= 11 is 0. The normalized spacial score (nSPS) is 20.6. The molecule has 45 heavy (non-hydrogen) atoms. The van der Waals surface area contributed by atoms with Crippen LogP contribution in [-0.4, -0.2) is 61.2 Å². The average molecular weight is 615 g/mol. The van der Waals surface area contributed by atoms with Crippen molar-refractivity contribution in [2.24, 2.45) is 12.5 Å². The smallest absolute Gasteiger partial charge is 0.335 e. The number of carbonyl (C=O) groups is 1. The van der Waals surface area contributed by atoms with Gasteiger partial charge in [0, 0.05) is 50.3 Å². The fourth-order valence-corrected chi connectivity index (χ4v) is 7.00. The van der Waals surface area contributed by atoms with Crippen molar-refractivity contribution in [3.8, 4) is 5.88 Å². The molecule has 3 aliphatic rings. The number of ether oxygens (including phenoxy) is 2. The highest BCUT2D eigenvalue weighted by Crippen LogP contribution is 2.65. The van der Waals surface area contributed by atoms with Gasteiger partial charge in [-0.2, -0.15) is 10.1 Å². The minimum Gasteiger partial charge on any atom is -0.478 e. The van der Waals surface area contributed by atoms with Crippen molar-refractivity contribution in [2.45, 2.75) is 50.9 Å². The van der Waals surface area contributed by atoms with Gasteiger partial charge >= 0.3 is 5.97 Å². The van der Waals surface area contributed by atoms with E-state index >= 15 is 4.39 Å². The van der Waals surface area contributed by atoms with E-state index in [1.54, 1.807) is 22.9 Å². The van der Waals surface area contributed by atoms with Crippen molar-refractivity contribution in [1.29, 1.82) is 0 Å². The molecule has 10 nitrogen and oxygen atoms in total. The predicted molar refractivity (Wildman–Crippen MR) is 161 cm³/mol. The molecule has 3 fully saturated rings. The summed E-state index contributed by atoms with van der Waals surface area (Å²) in [5.74, 6) is -1.48. The predicted octanol–water partition coefficient (Wildman–Crippen LogP) is 5.44. The van der Waals surface area contributed by atoms with Gasteiger partial charge in [-0.1, -0.05) is 6.07 Å². The molecule has 12 heteroatoms. The van der Waals surface area contributed by atoms with Crippen LogP contribution in [0.25, 0.3) is 21.9 Å². The summed E-state index contributed by atoms with van der Waals surface area (Å²) < 4.78 is 45.1. The van der Waals surface area contributed by atoms with Crippen LogP contribution in [0.4, 0.5) is 14.6 Å². The summed E-state index contributed by atoms with van der Waals surface area (Å²) in [5, 5.41) is 14.9. The Balaban J connectivity index is 0.986. The second-order valence-electron chi connectivity index (χ2n) is 12.5. The number of aromatic carboxylic acids is 1. The van der Waals surface area contributed by atoms with Crippen LogP contribution in [0, 0.1) is 17.0 Å². The Morgan fingerprint density at radius 2 is 1.89 bits per heavy atom. The Kier molecular flexibility index (Phi) is 6.52. The summed E-state index contributed by atoms with van der Waals surface area (Å²) in [5.41, 5.74) is 3.52. The van der Waals surface area contributed by atoms with Gasteiger partial charge in [0.2, 0.25) is 0 Å². The number of piperidine rings is 1. The molecule has 0 bridgehead atoms. The van der Waals surface area contributed by atoms with Gasteiger partial charge in [0.15, 0.2) is 17.5 Å². The number of carboxylic acid groups (broad SMARTS) is 1. The van der Waals surface area contributed by atoms with E-state index in [1.807, 2.05) is 36.3 Å². The zero-order valence-corrected chi connectivity index (χ0v) is 24.7. The Morgan fingerprint density at radius 3 is 2.64 bits per heavy atom. The highest BCUT2D eigenvalue weighted by Gasteiger charge is 2.57. The second kappa shape index (κ2) is 10.5. The summed E-state index contributed by atoms with van der Waals surface area (Å²) in [4.78, 5) is 22.8. The number of hydrogen-bond acceptors (Lipinski definition) is 7. The zero-order valence-electron chi connectivity index (χ0n) is 24.7. The van der Waals surface area contributed by atoms with Crippen LogP contribution in [0.15, 0.2) is 48.7 Å². The number of carboxylic acids is 1. The Labute approximate surface area is 257 Å². The maximum atomic E-state index is 15.0. The number of rotatable bonds is 8. The van der Waals surface area contributed by atoms with Gasteiger partial charge in [0.05, 0.1) is 34.8 Å². The molecule has 5 aromatic rings. The number of aryl methyl sites for hydroxylation is 1. The molecule has 1 unspecified atom stereocenters. The van der Waals surface area contributed by atoms with Gasteiger partial charge in [-0.15, -0.1) is 0 Å². The highest BCUT2D eigenvalue weighted by atomic mass is 19.1. The molecule has 2 atom stereocenters. The molecule has 2 aliphatic heterocycles. The van der Waals surface area contributed by atoms with Crippen molar-refractivity contribution < 1.29 is 28.2 Å². The van der Waals surface area contributed by atoms with Crippen molar-refractivity contribution in [2.75, 3.05) is 24.6 Å². The quantitative estimate of drug-likeness (QED) is 0.246. The van der Waals surface area contributed by atoms with Crippen LogP contribution < -0.4 is 9.64 Å². The molecule has 2 saturated heterocycles. The number of imidazole rings is 1. The third-order valence-corrected chi connectivity index (χ3v) is 9.70. The summed E-state index contributed by atoms with van der Waals surface area (Å²) in [6, 6.07) is 11.6. The molecule has 1 aliphatic carbocycles. The number of benzene rings is 2. The highest BCUT2D eigenvalue weighted by molar-refractivity contribution is 5.92. The molecule has 1 spiro atoms. The van der Waals surface area contributed by atoms with E-state index < -0.39 is 17.6 Å². The number of aromatic nitrogens is 5. The first kappa shape index (κ1) is 27.9. The van der Waals surface area contributed by atoms with Crippen molar-refractivity contribution in [3.05, 3.63) is 77.2 Å². The number of halogens is 2. The fraction of sp³-hybridized carbons (Fsp3) is 0.394. The van der Waals surface area contributed by atoms with E-state index in [9.17, 15) is 14.3 Å². The number of nitrogens with zero attached hydrogens (tertiary/aromatic N) is 6. The maximum Gasteiger partial charge on any atom is 0.335 e. The van der Waals surface area contributed by atoms with Gasteiger partial charge in [-0.25, -0.2) is 18.6 Å². The van der Waals surface area contributed by atoms with Crippen LogP contribution >= 0.6 is 0 Å². The Morgan fingerprint density at radius 1 is 1.09 bits per heavy atom.